The molecule has 1 amide bonds. The lowest BCUT2D eigenvalue weighted by molar-refractivity contribution is -0.123. The van der Waals surface area contributed by atoms with E-state index in [9.17, 15) is 13.2 Å². The van der Waals surface area contributed by atoms with Crippen molar-refractivity contribution in [3.8, 4) is 11.4 Å². The Kier molecular flexibility index (Phi) is 5.96. The molecule has 10 heteroatoms. The number of thiophene rings is 1. The van der Waals surface area contributed by atoms with Crippen molar-refractivity contribution in [2.45, 2.75) is 30.9 Å². The van der Waals surface area contributed by atoms with Gasteiger partial charge in [-0.05, 0) is 38.0 Å². The fraction of sp³-hybridized carbons (Fsp3) is 0.381. The van der Waals surface area contributed by atoms with E-state index in [1.807, 2.05) is 31.2 Å². The van der Waals surface area contributed by atoms with Gasteiger partial charge in [0.2, 0.25) is 17.6 Å². The summed E-state index contributed by atoms with van der Waals surface area (Å²) in [5, 5.41) is 5.55. The molecule has 1 atom stereocenters. The highest BCUT2D eigenvalue weighted by molar-refractivity contribution is 7.91. The Morgan fingerprint density at radius 1 is 1.26 bits per heavy atom. The second kappa shape index (κ2) is 8.52. The minimum atomic E-state index is -3.71. The summed E-state index contributed by atoms with van der Waals surface area (Å²) in [5.41, 5.74) is 2.52. The molecule has 0 radical (unpaired) electrons. The average molecular weight is 461 g/mol. The molecule has 0 aliphatic carbocycles. The maximum Gasteiger partial charge on any atom is 0.252 e. The van der Waals surface area contributed by atoms with Crippen LogP contribution in [0.25, 0.3) is 11.4 Å². The lowest BCUT2D eigenvalue weighted by Crippen LogP contribution is -2.45. The van der Waals surface area contributed by atoms with Crippen molar-refractivity contribution < 1.29 is 17.7 Å². The fourth-order valence-electron chi connectivity index (χ4n) is 3.64. The third-order valence-corrected chi connectivity index (χ3v) is 8.72. The van der Waals surface area contributed by atoms with Gasteiger partial charge in [-0.3, -0.25) is 4.79 Å². The summed E-state index contributed by atoms with van der Waals surface area (Å²) in [6.07, 6.45) is 1.30. The number of anilines is 1. The Morgan fingerprint density at radius 2 is 2.00 bits per heavy atom. The maximum atomic E-state index is 13.2. The van der Waals surface area contributed by atoms with E-state index in [-0.39, 0.29) is 22.6 Å². The molecule has 0 spiro atoms. The molecule has 0 saturated carbocycles. The summed E-state index contributed by atoms with van der Waals surface area (Å²) in [4.78, 5) is 18.8. The highest BCUT2D eigenvalue weighted by atomic mass is 32.2. The topological polar surface area (TPSA) is 96.6 Å². The molecule has 1 unspecified atom stereocenters. The number of nitrogens with zero attached hydrogens (tertiary/aromatic N) is 4. The van der Waals surface area contributed by atoms with Crippen LogP contribution >= 0.6 is 11.3 Å². The van der Waals surface area contributed by atoms with Crippen LogP contribution in [-0.2, 0) is 14.8 Å². The molecule has 164 valence electrons. The first-order valence-corrected chi connectivity index (χ1v) is 12.3. The number of rotatable bonds is 5. The normalized spacial score (nSPS) is 17.6. The van der Waals surface area contributed by atoms with Crippen molar-refractivity contribution >= 4 is 33.0 Å². The summed E-state index contributed by atoms with van der Waals surface area (Å²) in [7, 11) is -1.97. The van der Waals surface area contributed by atoms with E-state index in [1.165, 1.54) is 4.31 Å². The summed E-state index contributed by atoms with van der Waals surface area (Å²) < 4.78 is 33.1. The third kappa shape index (κ3) is 4.41. The molecule has 1 aliphatic heterocycles. The van der Waals surface area contributed by atoms with Gasteiger partial charge in [0.15, 0.2) is 0 Å². The van der Waals surface area contributed by atoms with Gasteiger partial charge in [0.1, 0.15) is 4.21 Å². The molecule has 0 bridgehead atoms. The number of aryl methyl sites for hydroxylation is 2. The van der Waals surface area contributed by atoms with Crippen LogP contribution in [0.3, 0.4) is 0 Å². The molecule has 0 N–H and O–H groups in total. The van der Waals surface area contributed by atoms with Crippen molar-refractivity contribution in [1.29, 1.82) is 0 Å². The van der Waals surface area contributed by atoms with Crippen LogP contribution in [0.2, 0.25) is 0 Å². The van der Waals surface area contributed by atoms with E-state index in [0.29, 0.717) is 36.7 Å². The van der Waals surface area contributed by atoms with E-state index in [4.69, 9.17) is 4.52 Å². The Balaban J connectivity index is 1.50. The van der Waals surface area contributed by atoms with Gasteiger partial charge in [-0.2, -0.15) is 9.29 Å². The Bertz CT molecular complexity index is 1180. The number of piperidine rings is 1. The highest BCUT2D eigenvalue weighted by Crippen LogP contribution is 2.32. The number of hydrogen-bond donors (Lipinski definition) is 0. The van der Waals surface area contributed by atoms with Gasteiger partial charge >= 0.3 is 0 Å². The van der Waals surface area contributed by atoms with Crippen LogP contribution in [0.15, 0.2) is 44.4 Å². The zero-order valence-electron chi connectivity index (χ0n) is 17.6. The minimum absolute atomic E-state index is 0.0714. The smallest absolute Gasteiger partial charge is 0.252 e. The molecule has 8 nitrogen and oxygen atoms in total. The monoisotopic (exact) mass is 460 g/mol. The van der Waals surface area contributed by atoms with Gasteiger partial charge in [0.05, 0.1) is 5.92 Å². The standard InChI is InChI=1S/C21H24N4O4S2/c1-14-6-8-18(9-7-14)24(3)21(26)16-5-4-10-25(12-16)31(27,28)19-11-17(13-30-19)20-22-15(2)29-23-20/h6-9,11,13,16H,4-5,10,12H2,1-3H3. The van der Waals surface area contributed by atoms with Crippen molar-refractivity contribution in [3.05, 3.63) is 47.2 Å². The van der Waals surface area contributed by atoms with Crippen molar-refractivity contribution in [2.24, 2.45) is 5.92 Å². The van der Waals surface area contributed by atoms with Crippen LogP contribution < -0.4 is 4.90 Å². The number of hydrogen-bond acceptors (Lipinski definition) is 7. The summed E-state index contributed by atoms with van der Waals surface area (Å²) in [6.45, 7) is 4.24. The van der Waals surface area contributed by atoms with Crippen LogP contribution in [0.5, 0.6) is 0 Å². The van der Waals surface area contributed by atoms with Gasteiger partial charge in [-0.25, -0.2) is 8.42 Å². The first-order chi connectivity index (χ1) is 14.8. The maximum absolute atomic E-state index is 13.2. The molecule has 2 aromatic heterocycles. The lowest BCUT2D eigenvalue weighted by Gasteiger charge is -2.33. The molecular weight excluding hydrogens is 436 g/mol. The third-order valence-electron chi connectivity index (χ3n) is 5.44. The number of benzene rings is 1. The molecular formula is C21H24N4O4S2. The van der Waals surface area contributed by atoms with Crippen LogP contribution in [0, 0.1) is 19.8 Å². The lowest BCUT2D eigenvalue weighted by atomic mass is 9.98. The second-order valence-electron chi connectivity index (χ2n) is 7.73. The Hall–Kier alpha value is -2.56. The van der Waals surface area contributed by atoms with Crippen LogP contribution in [0.1, 0.15) is 24.3 Å². The van der Waals surface area contributed by atoms with E-state index in [1.54, 1.807) is 30.3 Å². The quantitative estimate of drug-likeness (QED) is 0.578. The van der Waals surface area contributed by atoms with E-state index >= 15 is 0 Å². The molecule has 1 saturated heterocycles. The molecule has 1 aromatic carbocycles. The molecule has 3 aromatic rings. The van der Waals surface area contributed by atoms with E-state index in [2.05, 4.69) is 10.1 Å². The second-order valence-corrected chi connectivity index (χ2v) is 10.8. The van der Waals surface area contributed by atoms with Gasteiger partial charge in [-0.15, -0.1) is 11.3 Å². The van der Waals surface area contributed by atoms with E-state index < -0.39 is 10.0 Å². The summed E-state index contributed by atoms with van der Waals surface area (Å²) >= 11 is 1.12. The number of carbonyl (C=O) groups excluding carboxylic acids is 1. The summed E-state index contributed by atoms with van der Waals surface area (Å²) in [6, 6.07) is 9.27. The number of amides is 1. The SMILES string of the molecule is Cc1ccc(N(C)C(=O)C2CCCN(S(=O)(=O)c3cc(-c4noc(C)n4)cs3)C2)cc1. The molecule has 1 aliphatic rings. The van der Waals surface area contributed by atoms with Gasteiger partial charge in [0, 0.05) is 43.7 Å². The predicted octanol–water partition coefficient (Wildman–Crippen LogP) is 3.48. The van der Waals surface area contributed by atoms with Gasteiger partial charge < -0.3 is 9.42 Å². The van der Waals surface area contributed by atoms with E-state index in [0.717, 1.165) is 22.6 Å². The first kappa shape index (κ1) is 21.7. The van der Waals surface area contributed by atoms with Gasteiger partial charge in [0.25, 0.3) is 10.0 Å². The van der Waals surface area contributed by atoms with Crippen molar-refractivity contribution in [1.82, 2.24) is 14.4 Å². The zero-order chi connectivity index (χ0) is 22.2. The average Bonchev–Trinajstić information content (AvgIpc) is 3.43. The largest absolute Gasteiger partial charge is 0.339 e. The van der Waals surface area contributed by atoms with Crippen molar-refractivity contribution in [3.63, 3.8) is 0 Å². The van der Waals surface area contributed by atoms with Crippen LogP contribution in [0.4, 0.5) is 5.69 Å². The predicted molar refractivity (Wildman–Crippen MR) is 118 cm³/mol. The zero-order valence-corrected chi connectivity index (χ0v) is 19.2. The highest BCUT2D eigenvalue weighted by Gasteiger charge is 2.35. The number of carbonyl (C=O) groups is 1. The molecule has 4 rings (SSSR count). The summed E-state index contributed by atoms with van der Waals surface area (Å²) in [5.74, 6) is 0.328. The minimum Gasteiger partial charge on any atom is -0.339 e. The molecule has 31 heavy (non-hydrogen) atoms. The van der Waals surface area contributed by atoms with Crippen LogP contribution in [-0.4, -0.2) is 48.9 Å². The Labute approximate surface area is 185 Å². The number of aromatic nitrogens is 2. The van der Waals surface area contributed by atoms with Crippen molar-refractivity contribution in [2.75, 3.05) is 25.0 Å². The number of sulfonamides is 1. The van der Waals surface area contributed by atoms with Gasteiger partial charge in [-0.1, -0.05) is 22.9 Å². The Morgan fingerprint density at radius 3 is 2.68 bits per heavy atom. The molecule has 1 fully saturated rings. The molecule has 3 heterocycles. The fourth-order valence-corrected chi connectivity index (χ4v) is 6.48. The first-order valence-electron chi connectivity index (χ1n) is 9.99.